The Bertz CT molecular complexity index is 882. The number of methoxy groups -OCH3 is 1. The fourth-order valence-electron chi connectivity index (χ4n) is 2.36. The van der Waals surface area contributed by atoms with Gasteiger partial charge in [0.1, 0.15) is 5.75 Å². The van der Waals surface area contributed by atoms with Gasteiger partial charge >= 0.3 is 12.3 Å². The van der Waals surface area contributed by atoms with Gasteiger partial charge in [-0.25, -0.2) is 4.79 Å². The first-order valence-electron chi connectivity index (χ1n) is 6.93. The maximum atomic E-state index is 12.2. The largest absolute Gasteiger partial charge is 0.573 e. The molecule has 0 radical (unpaired) electrons. The molecule has 0 saturated heterocycles. The van der Waals surface area contributed by atoms with Crippen LogP contribution >= 0.6 is 0 Å². The number of aromatic amines is 1. The van der Waals surface area contributed by atoms with Gasteiger partial charge in [0.15, 0.2) is 0 Å². The standard InChI is InChI=1S/C17H12F3NO3/c1-23-16(22)12-3-2-11-8-14(21-15(11)9-12)10-4-6-13(7-5-10)24-17(18,19)20/h2-9,21H,1H3. The van der Waals surface area contributed by atoms with Gasteiger partial charge in [-0.05, 0) is 48.0 Å². The molecular weight excluding hydrogens is 323 g/mol. The lowest BCUT2D eigenvalue weighted by Gasteiger charge is -2.08. The lowest BCUT2D eigenvalue weighted by atomic mass is 10.1. The molecule has 2 aromatic carbocycles. The summed E-state index contributed by atoms with van der Waals surface area (Å²) in [6, 6.07) is 12.4. The monoisotopic (exact) mass is 335 g/mol. The van der Waals surface area contributed by atoms with E-state index >= 15 is 0 Å². The number of hydrogen-bond acceptors (Lipinski definition) is 3. The Morgan fingerprint density at radius 3 is 2.38 bits per heavy atom. The van der Waals surface area contributed by atoms with Crippen LogP contribution in [0.1, 0.15) is 10.4 Å². The molecule has 0 fully saturated rings. The predicted octanol–water partition coefficient (Wildman–Crippen LogP) is 4.52. The van der Waals surface area contributed by atoms with Crippen molar-refractivity contribution in [1.29, 1.82) is 0 Å². The predicted molar refractivity (Wildman–Crippen MR) is 81.8 cm³/mol. The minimum Gasteiger partial charge on any atom is -0.465 e. The summed E-state index contributed by atoms with van der Waals surface area (Å²) >= 11 is 0. The molecule has 0 bridgehead atoms. The summed E-state index contributed by atoms with van der Waals surface area (Å²) in [6.07, 6.45) is -4.72. The Hall–Kier alpha value is -2.96. The number of H-pyrrole nitrogens is 1. The molecule has 1 aromatic heterocycles. The number of benzene rings is 2. The fourth-order valence-corrected chi connectivity index (χ4v) is 2.36. The van der Waals surface area contributed by atoms with Crippen molar-refractivity contribution in [1.82, 2.24) is 4.98 Å². The summed E-state index contributed by atoms with van der Waals surface area (Å²) in [5.74, 6) is -0.725. The number of alkyl halides is 3. The second-order valence-electron chi connectivity index (χ2n) is 5.05. The quantitative estimate of drug-likeness (QED) is 0.716. The summed E-state index contributed by atoms with van der Waals surface area (Å²) in [5.41, 5.74) is 2.54. The number of ether oxygens (including phenoxy) is 2. The molecule has 124 valence electrons. The van der Waals surface area contributed by atoms with E-state index in [0.29, 0.717) is 16.8 Å². The number of rotatable bonds is 3. The summed E-state index contributed by atoms with van der Waals surface area (Å²) in [7, 11) is 1.30. The molecule has 0 aliphatic carbocycles. The fraction of sp³-hybridized carbons (Fsp3) is 0.118. The van der Waals surface area contributed by atoms with Crippen molar-refractivity contribution >= 4 is 16.9 Å². The normalized spacial score (nSPS) is 11.5. The highest BCUT2D eigenvalue weighted by molar-refractivity contribution is 5.95. The molecule has 0 amide bonds. The van der Waals surface area contributed by atoms with E-state index in [1.807, 2.05) is 6.07 Å². The summed E-state index contributed by atoms with van der Waals surface area (Å²) in [6.45, 7) is 0. The zero-order valence-corrected chi connectivity index (χ0v) is 12.5. The van der Waals surface area contributed by atoms with Crippen LogP contribution in [0.15, 0.2) is 48.5 Å². The first-order valence-corrected chi connectivity index (χ1v) is 6.93. The van der Waals surface area contributed by atoms with Crippen LogP contribution < -0.4 is 4.74 Å². The van der Waals surface area contributed by atoms with E-state index in [1.165, 1.54) is 31.4 Å². The molecule has 0 unspecified atom stereocenters. The molecule has 0 spiro atoms. The second kappa shape index (κ2) is 5.92. The Morgan fingerprint density at radius 2 is 1.75 bits per heavy atom. The number of nitrogens with one attached hydrogen (secondary N) is 1. The van der Waals surface area contributed by atoms with Gasteiger partial charge in [-0.3, -0.25) is 0 Å². The smallest absolute Gasteiger partial charge is 0.465 e. The van der Waals surface area contributed by atoms with E-state index in [0.717, 1.165) is 10.9 Å². The molecule has 0 saturated carbocycles. The lowest BCUT2D eigenvalue weighted by molar-refractivity contribution is -0.274. The van der Waals surface area contributed by atoms with Crippen molar-refractivity contribution in [2.45, 2.75) is 6.36 Å². The van der Waals surface area contributed by atoms with Crippen LogP contribution in [0.5, 0.6) is 5.75 Å². The molecule has 1 N–H and O–H groups in total. The van der Waals surface area contributed by atoms with Gasteiger partial charge in [-0.15, -0.1) is 13.2 Å². The zero-order valence-electron chi connectivity index (χ0n) is 12.5. The first kappa shape index (κ1) is 15.9. The van der Waals surface area contributed by atoms with Crippen molar-refractivity contribution in [3.8, 4) is 17.0 Å². The maximum absolute atomic E-state index is 12.2. The molecular formula is C17H12F3NO3. The Morgan fingerprint density at radius 1 is 1.04 bits per heavy atom. The van der Waals surface area contributed by atoms with E-state index < -0.39 is 12.3 Å². The third-order valence-electron chi connectivity index (χ3n) is 3.44. The molecule has 4 nitrogen and oxygen atoms in total. The molecule has 0 aliphatic rings. The van der Waals surface area contributed by atoms with Crippen molar-refractivity contribution in [2.24, 2.45) is 0 Å². The number of esters is 1. The average Bonchev–Trinajstić information content (AvgIpc) is 2.96. The van der Waals surface area contributed by atoms with Crippen LogP contribution in [-0.2, 0) is 4.74 Å². The van der Waals surface area contributed by atoms with Gasteiger partial charge in [0.2, 0.25) is 0 Å². The van der Waals surface area contributed by atoms with Crippen LogP contribution in [0.2, 0.25) is 0 Å². The number of aromatic nitrogens is 1. The van der Waals surface area contributed by atoms with E-state index in [4.69, 9.17) is 0 Å². The highest BCUT2D eigenvalue weighted by Crippen LogP contribution is 2.28. The minimum absolute atomic E-state index is 0.282. The van der Waals surface area contributed by atoms with Crippen LogP contribution in [0.3, 0.4) is 0 Å². The van der Waals surface area contributed by atoms with Crippen LogP contribution in [-0.4, -0.2) is 24.4 Å². The summed E-state index contributed by atoms with van der Waals surface area (Å²) < 4.78 is 45.0. The second-order valence-corrected chi connectivity index (χ2v) is 5.05. The van der Waals surface area contributed by atoms with Crippen molar-refractivity contribution in [3.63, 3.8) is 0 Å². The topological polar surface area (TPSA) is 51.3 Å². The van der Waals surface area contributed by atoms with Gasteiger partial charge in [0, 0.05) is 16.6 Å². The van der Waals surface area contributed by atoms with Crippen molar-refractivity contribution in [3.05, 3.63) is 54.1 Å². The third-order valence-corrected chi connectivity index (χ3v) is 3.44. The minimum atomic E-state index is -4.72. The van der Waals surface area contributed by atoms with Gasteiger partial charge < -0.3 is 14.5 Å². The van der Waals surface area contributed by atoms with Gasteiger partial charge in [0.05, 0.1) is 12.7 Å². The van der Waals surface area contributed by atoms with E-state index in [2.05, 4.69) is 14.5 Å². The summed E-state index contributed by atoms with van der Waals surface area (Å²) in [4.78, 5) is 14.7. The van der Waals surface area contributed by atoms with Gasteiger partial charge in [-0.2, -0.15) is 0 Å². The van der Waals surface area contributed by atoms with Gasteiger partial charge in [-0.1, -0.05) is 6.07 Å². The van der Waals surface area contributed by atoms with Crippen LogP contribution in [0.4, 0.5) is 13.2 Å². The molecule has 0 aliphatic heterocycles. The highest BCUT2D eigenvalue weighted by Gasteiger charge is 2.30. The van der Waals surface area contributed by atoms with E-state index in [-0.39, 0.29) is 5.75 Å². The number of halogens is 3. The number of carbonyl (C=O) groups is 1. The molecule has 1 heterocycles. The number of carbonyl (C=O) groups excluding carboxylic acids is 1. The van der Waals surface area contributed by atoms with Crippen molar-refractivity contribution in [2.75, 3.05) is 7.11 Å². The highest BCUT2D eigenvalue weighted by atomic mass is 19.4. The molecule has 24 heavy (non-hydrogen) atoms. The van der Waals surface area contributed by atoms with E-state index in [1.54, 1.807) is 18.2 Å². The lowest BCUT2D eigenvalue weighted by Crippen LogP contribution is -2.16. The first-order chi connectivity index (χ1) is 11.4. The Balaban J connectivity index is 1.90. The number of fused-ring (bicyclic) bond motifs is 1. The van der Waals surface area contributed by atoms with E-state index in [9.17, 15) is 18.0 Å². The molecule has 3 aromatic rings. The van der Waals surface area contributed by atoms with Crippen molar-refractivity contribution < 1.29 is 27.4 Å². The Kier molecular flexibility index (Phi) is 3.92. The van der Waals surface area contributed by atoms with Gasteiger partial charge in [0.25, 0.3) is 0 Å². The zero-order chi connectivity index (χ0) is 17.3. The third kappa shape index (κ3) is 3.34. The maximum Gasteiger partial charge on any atom is 0.573 e. The SMILES string of the molecule is COC(=O)c1ccc2cc(-c3ccc(OC(F)(F)F)cc3)[nH]c2c1. The Labute approximate surface area is 134 Å². The number of hydrogen-bond donors (Lipinski definition) is 1. The summed E-state index contributed by atoms with van der Waals surface area (Å²) in [5, 5.41) is 0.869. The van der Waals surface area contributed by atoms with Crippen LogP contribution in [0.25, 0.3) is 22.2 Å². The molecule has 3 rings (SSSR count). The molecule has 0 atom stereocenters. The van der Waals surface area contributed by atoms with Crippen LogP contribution in [0, 0.1) is 0 Å². The average molecular weight is 335 g/mol. The molecule has 7 heteroatoms.